The largest absolute Gasteiger partial charge is 0.497 e. The van der Waals surface area contributed by atoms with Gasteiger partial charge in [0, 0.05) is 29.8 Å². The van der Waals surface area contributed by atoms with E-state index < -0.39 is 6.04 Å². The quantitative estimate of drug-likeness (QED) is 0.288. The molecule has 0 aliphatic heterocycles. The average molecular weight is 551 g/mol. The van der Waals surface area contributed by atoms with Crippen molar-refractivity contribution in [1.29, 1.82) is 0 Å². The molecule has 1 atom stereocenters. The van der Waals surface area contributed by atoms with E-state index >= 15 is 0 Å². The van der Waals surface area contributed by atoms with Gasteiger partial charge in [-0.05, 0) is 53.8 Å². The Kier molecular flexibility index (Phi) is 10.5. The van der Waals surface area contributed by atoms with E-state index in [4.69, 9.17) is 16.3 Å². The highest BCUT2D eigenvalue weighted by Gasteiger charge is 2.32. The predicted molar refractivity (Wildman–Crippen MR) is 155 cm³/mol. The smallest absolute Gasteiger partial charge is 0.243 e. The van der Waals surface area contributed by atoms with Gasteiger partial charge >= 0.3 is 0 Å². The first-order valence-electron chi connectivity index (χ1n) is 13.1. The van der Waals surface area contributed by atoms with Gasteiger partial charge in [0.2, 0.25) is 11.8 Å². The summed E-state index contributed by atoms with van der Waals surface area (Å²) in [6.45, 7) is 0.318. The normalized spacial score (nSPS) is 14.2. The number of thioether (sulfide) groups is 1. The number of methoxy groups -OCH3 is 1. The number of carbonyl (C=O) groups excluding carboxylic acids is 2. The maximum absolute atomic E-state index is 13.8. The summed E-state index contributed by atoms with van der Waals surface area (Å²) in [5, 5.41) is 3.86. The second-order valence-corrected chi connectivity index (χ2v) is 11.1. The van der Waals surface area contributed by atoms with Crippen molar-refractivity contribution in [3.8, 4) is 5.75 Å². The van der Waals surface area contributed by atoms with Gasteiger partial charge in [-0.15, -0.1) is 11.8 Å². The summed E-state index contributed by atoms with van der Waals surface area (Å²) in [6.07, 6.45) is 4.69. The number of nitrogens with zero attached hydrogens (tertiary/aromatic N) is 1. The molecule has 0 heterocycles. The first kappa shape index (κ1) is 28.1. The van der Waals surface area contributed by atoms with Crippen molar-refractivity contribution in [2.45, 2.75) is 56.5 Å². The molecule has 2 amide bonds. The van der Waals surface area contributed by atoms with Crippen LogP contribution >= 0.6 is 23.4 Å². The maximum Gasteiger partial charge on any atom is 0.243 e. The molecular weight excluding hydrogens is 516 g/mol. The minimum Gasteiger partial charge on any atom is -0.497 e. The number of nitrogens with one attached hydrogen (secondary N) is 1. The molecule has 1 fully saturated rings. The Morgan fingerprint density at radius 2 is 1.68 bits per heavy atom. The summed E-state index contributed by atoms with van der Waals surface area (Å²) in [4.78, 5) is 29.2. The number of hydrogen-bond acceptors (Lipinski definition) is 4. The highest BCUT2D eigenvalue weighted by Crippen LogP contribution is 2.22. The number of amides is 2. The van der Waals surface area contributed by atoms with Crippen molar-refractivity contribution >= 4 is 35.2 Å². The zero-order valence-electron chi connectivity index (χ0n) is 21.8. The number of ether oxygens (including phenoxy) is 1. The van der Waals surface area contributed by atoms with Crippen LogP contribution in [0.1, 0.15) is 42.4 Å². The Bertz CT molecular complexity index is 1180. The molecule has 3 aromatic rings. The molecule has 0 aromatic heterocycles. The Morgan fingerprint density at radius 1 is 0.974 bits per heavy atom. The van der Waals surface area contributed by atoms with Crippen LogP contribution in [0.5, 0.6) is 5.75 Å². The topological polar surface area (TPSA) is 58.6 Å². The second-order valence-electron chi connectivity index (χ2n) is 9.69. The fraction of sp³-hybridized carbons (Fsp3) is 0.355. The second kappa shape index (κ2) is 14.3. The standard InChI is InChI=1S/C31H35ClN2O3S/c1-37-28-16-14-24(15-17-28)21-38-22-30(35)34(20-25-10-7-11-26(32)18-25)29(19-23-8-3-2-4-9-23)31(36)33-27-12-5-6-13-27/h2-4,7-11,14-18,27,29H,5-6,12-13,19-22H2,1H3,(H,33,36)/t29-/m0/s1. The molecule has 1 N–H and O–H groups in total. The van der Waals surface area contributed by atoms with Gasteiger partial charge < -0.3 is 15.0 Å². The highest BCUT2D eigenvalue weighted by atomic mass is 35.5. The van der Waals surface area contributed by atoms with Crippen LogP contribution in [0.4, 0.5) is 0 Å². The Morgan fingerprint density at radius 3 is 2.37 bits per heavy atom. The van der Waals surface area contributed by atoms with Gasteiger partial charge in [-0.25, -0.2) is 0 Å². The fourth-order valence-electron chi connectivity index (χ4n) is 4.81. The van der Waals surface area contributed by atoms with Crippen LogP contribution in [0.25, 0.3) is 0 Å². The predicted octanol–water partition coefficient (Wildman–Crippen LogP) is 6.28. The van der Waals surface area contributed by atoms with Gasteiger partial charge in [-0.3, -0.25) is 9.59 Å². The van der Waals surface area contributed by atoms with E-state index in [1.807, 2.05) is 78.9 Å². The Balaban J connectivity index is 1.54. The molecular formula is C31H35ClN2O3S. The van der Waals surface area contributed by atoms with Crippen molar-refractivity contribution in [2.24, 2.45) is 0 Å². The van der Waals surface area contributed by atoms with E-state index in [1.54, 1.807) is 23.8 Å². The van der Waals surface area contributed by atoms with Crippen LogP contribution in [-0.4, -0.2) is 41.7 Å². The van der Waals surface area contributed by atoms with Crippen LogP contribution in [0.3, 0.4) is 0 Å². The average Bonchev–Trinajstić information content (AvgIpc) is 3.44. The molecule has 0 bridgehead atoms. The maximum atomic E-state index is 13.8. The molecule has 200 valence electrons. The lowest BCUT2D eigenvalue weighted by atomic mass is 10.0. The molecule has 1 aliphatic carbocycles. The summed E-state index contributed by atoms with van der Waals surface area (Å²) in [7, 11) is 1.64. The van der Waals surface area contributed by atoms with Crippen LogP contribution in [-0.2, 0) is 28.3 Å². The van der Waals surface area contributed by atoms with Gasteiger partial charge in [0.05, 0.1) is 12.9 Å². The van der Waals surface area contributed by atoms with E-state index in [0.29, 0.717) is 23.7 Å². The van der Waals surface area contributed by atoms with Gasteiger partial charge in [-0.2, -0.15) is 0 Å². The van der Waals surface area contributed by atoms with Crippen molar-refractivity contribution in [3.63, 3.8) is 0 Å². The molecule has 0 spiro atoms. The number of halogens is 1. The summed E-state index contributed by atoms with van der Waals surface area (Å²) in [6, 6.07) is 24.8. The third-order valence-electron chi connectivity index (χ3n) is 6.87. The molecule has 38 heavy (non-hydrogen) atoms. The molecule has 0 saturated heterocycles. The zero-order valence-corrected chi connectivity index (χ0v) is 23.3. The van der Waals surface area contributed by atoms with Crippen molar-refractivity contribution in [1.82, 2.24) is 10.2 Å². The number of benzene rings is 3. The summed E-state index contributed by atoms with van der Waals surface area (Å²) in [5.41, 5.74) is 3.04. The molecule has 3 aromatic carbocycles. The first-order chi connectivity index (χ1) is 18.5. The SMILES string of the molecule is COc1ccc(CSCC(=O)N(Cc2cccc(Cl)c2)[C@@H](Cc2ccccc2)C(=O)NC2CCCC2)cc1. The van der Waals surface area contributed by atoms with Crippen molar-refractivity contribution in [3.05, 3.63) is 101 Å². The monoisotopic (exact) mass is 550 g/mol. The number of carbonyl (C=O) groups is 2. The van der Waals surface area contributed by atoms with Crippen molar-refractivity contribution in [2.75, 3.05) is 12.9 Å². The molecule has 7 heteroatoms. The lowest BCUT2D eigenvalue weighted by molar-refractivity contribution is -0.139. The molecule has 1 saturated carbocycles. The highest BCUT2D eigenvalue weighted by molar-refractivity contribution is 7.99. The van der Waals surface area contributed by atoms with Gasteiger partial charge in [0.1, 0.15) is 11.8 Å². The van der Waals surface area contributed by atoms with Crippen LogP contribution < -0.4 is 10.1 Å². The first-order valence-corrected chi connectivity index (χ1v) is 14.6. The molecule has 1 aliphatic rings. The lowest BCUT2D eigenvalue weighted by Crippen LogP contribution is -2.52. The fourth-order valence-corrected chi connectivity index (χ4v) is 5.90. The molecule has 0 unspecified atom stereocenters. The van der Waals surface area contributed by atoms with Crippen molar-refractivity contribution < 1.29 is 14.3 Å². The Hall–Kier alpha value is -2.96. The third kappa shape index (κ3) is 8.27. The molecule has 0 radical (unpaired) electrons. The van der Waals surface area contributed by atoms with E-state index in [1.165, 1.54) is 0 Å². The van der Waals surface area contributed by atoms with Gasteiger partial charge in [0.25, 0.3) is 0 Å². The third-order valence-corrected chi connectivity index (χ3v) is 8.09. The Labute approximate surface area is 234 Å². The summed E-state index contributed by atoms with van der Waals surface area (Å²) < 4.78 is 5.24. The summed E-state index contributed by atoms with van der Waals surface area (Å²) in [5.74, 6) is 1.62. The molecule has 4 rings (SSSR count). The van der Waals surface area contributed by atoms with E-state index in [2.05, 4.69) is 5.32 Å². The lowest BCUT2D eigenvalue weighted by Gasteiger charge is -2.32. The number of rotatable bonds is 12. The molecule has 5 nitrogen and oxygen atoms in total. The minimum absolute atomic E-state index is 0.0639. The van der Waals surface area contributed by atoms with E-state index in [0.717, 1.165) is 48.1 Å². The van der Waals surface area contributed by atoms with Crippen LogP contribution in [0.15, 0.2) is 78.9 Å². The van der Waals surface area contributed by atoms with Gasteiger partial charge in [0.15, 0.2) is 0 Å². The van der Waals surface area contributed by atoms with Crippen LogP contribution in [0, 0.1) is 0 Å². The minimum atomic E-state index is -0.619. The summed E-state index contributed by atoms with van der Waals surface area (Å²) >= 11 is 7.82. The van der Waals surface area contributed by atoms with Gasteiger partial charge in [-0.1, -0.05) is 79.0 Å². The zero-order chi connectivity index (χ0) is 26.7. The van der Waals surface area contributed by atoms with Crippen LogP contribution in [0.2, 0.25) is 5.02 Å². The van der Waals surface area contributed by atoms with E-state index in [9.17, 15) is 9.59 Å². The number of hydrogen-bond donors (Lipinski definition) is 1. The van der Waals surface area contributed by atoms with E-state index in [-0.39, 0.29) is 23.6 Å².